The lowest BCUT2D eigenvalue weighted by Crippen LogP contribution is -2.24. The highest BCUT2D eigenvalue weighted by Crippen LogP contribution is 2.36. The van der Waals surface area contributed by atoms with Crippen LogP contribution < -0.4 is 10.1 Å². The molecule has 0 bridgehead atoms. The van der Waals surface area contributed by atoms with Gasteiger partial charge in [-0.25, -0.2) is 0 Å². The topological polar surface area (TPSA) is 41.5 Å². The van der Waals surface area contributed by atoms with E-state index in [9.17, 15) is 18.3 Å². The number of halogens is 3. The average molecular weight is 303 g/mol. The molecule has 3 nitrogen and oxygen atoms in total. The fourth-order valence-corrected chi connectivity index (χ4v) is 2.96. The SMILES string of the molecule is CNCc1cc(OC(F)(F)F)ccc1C1CCCCC1O. The van der Waals surface area contributed by atoms with Crippen molar-refractivity contribution in [2.24, 2.45) is 0 Å². The predicted molar refractivity (Wildman–Crippen MR) is 73.1 cm³/mol. The molecule has 0 heterocycles. The van der Waals surface area contributed by atoms with E-state index < -0.39 is 12.5 Å². The summed E-state index contributed by atoms with van der Waals surface area (Å²) in [6.07, 6.45) is -1.50. The molecule has 0 amide bonds. The number of hydrogen-bond acceptors (Lipinski definition) is 3. The first kappa shape index (κ1) is 16.1. The molecule has 1 aromatic carbocycles. The van der Waals surface area contributed by atoms with Gasteiger partial charge in [0, 0.05) is 12.5 Å². The Kier molecular flexibility index (Phi) is 5.11. The van der Waals surface area contributed by atoms with Crippen LogP contribution in [0.5, 0.6) is 5.75 Å². The van der Waals surface area contributed by atoms with E-state index in [0.717, 1.165) is 36.8 Å². The predicted octanol–water partition coefficient (Wildman–Crippen LogP) is 3.32. The monoisotopic (exact) mass is 303 g/mol. The smallest absolute Gasteiger partial charge is 0.406 e. The van der Waals surface area contributed by atoms with Gasteiger partial charge in [0.05, 0.1) is 6.10 Å². The molecule has 2 unspecified atom stereocenters. The van der Waals surface area contributed by atoms with Crippen LogP contribution in [0.25, 0.3) is 0 Å². The number of rotatable bonds is 4. The summed E-state index contributed by atoms with van der Waals surface area (Å²) in [5.41, 5.74) is 1.65. The zero-order valence-electron chi connectivity index (χ0n) is 11.9. The molecule has 0 spiro atoms. The van der Waals surface area contributed by atoms with E-state index in [-0.39, 0.29) is 11.7 Å². The van der Waals surface area contributed by atoms with Gasteiger partial charge in [-0.05, 0) is 43.1 Å². The maximum Gasteiger partial charge on any atom is 0.573 e. The van der Waals surface area contributed by atoms with Crippen LogP contribution in [0.1, 0.15) is 42.7 Å². The van der Waals surface area contributed by atoms with Gasteiger partial charge in [0.2, 0.25) is 0 Å². The van der Waals surface area contributed by atoms with E-state index in [0.29, 0.717) is 6.54 Å². The number of nitrogens with one attached hydrogen (secondary N) is 1. The lowest BCUT2D eigenvalue weighted by atomic mass is 9.80. The van der Waals surface area contributed by atoms with Gasteiger partial charge in [-0.2, -0.15) is 0 Å². The maximum absolute atomic E-state index is 12.3. The van der Waals surface area contributed by atoms with Crippen molar-refractivity contribution in [2.75, 3.05) is 7.05 Å². The molecule has 118 valence electrons. The molecule has 6 heteroatoms. The molecule has 2 atom stereocenters. The first-order valence-electron chi connectivity index (χ1n) is 7.12. The number of benzene rings is 1. The van der Waals surface area contributed by atoms with Crippen molar-refractivity contribution in [3.8, 4) is 5.75 Å². The molecule has 2 rings (SSSR count). The minimum absolute atomic E-state index is 0.0120. The van der Waals surface area contributed by atoms with E-state index in [4.69, 9.17) is 0 Å². The second-order valence-corrected chi connectivity index (χ2v) is 5.40. The van der Waals surface area contributed by atoms with Crippen LogP contribution in [0, 0.1) is 0 Å². The van der Waals surface area contributed by atoms with Gasteiger partial charge in [0.15, 0.2) is 0 Å². The third-order valence-corrected chi connectivity index (χ3v) is 3.84. The Labute approximate surface area is 122 Å². The lowest BCUT2D eigenvalue weighted by Gasteiger charge is -2.29. The summed E-state index contributed by atoms with van der Waals surface area (Å²) in [5.74, 6) is -0.233. The zero-order chi connectivity index (χ0) is 15.5. The van der Waals surface area contributed by atoms with Crippen molar-refractivity contribution in [3.05, 3.63) is 29.3 Å². The maximum atomic E-state index is 12.3. The van der Waals surface area contributed by atoms with Crippen LogP contribution in [0.3, 0.4) is 0 Å². The number of aliphatic hydroxyl groups is 1. The highest BCUT2D eigenvalue weighted by molar-refractivity contribution is 5.38. The van der Waals surface area contributed by atoms with Gasteiger partial charge in [-0.3, -0.25) is 0 Å². The van der Waals surface area contributed by atoms with Crippen LogP contribution >= 0.6 is 0 Å². The van der Waals surface area contributed by atoms with Crippen LogP contribution in [0.2, 0.25) is 0 Å². The minimum Gasteiger partial charge on any atom is -0.406 e. The Balaban J connectivity index is 2.28. The van der Waals surface area contributed by atoms with Gasteiger partial charge in [0.1, 0.15) is 5.75 Å². The summed E-state index contributed by atoms with van der Waals surface area (Å²) in [6.45, 7) is 0.438. The Morgan fingerprint density at radius 1 is 1.29 bits per heavy atom. The van der Waals surface area contributed by atoms with Crippen molar-refractivity contribution in [1.82, 2.24) is 5.32 Å². The van der Waals surface area contributed by atoms with E-state index in [1.807, 2.05) is 0 Å². The average Bonchev–Trinajstić information content (AvgIpc) is 2.39. The summed E-state index contributed by atoms with van der Waals surface area (Å²) >= 11 is 0. The van der Waals surface area contributed by atoms with Gasteiger partial charge >= 0.3 is 6.36 Å². The van der Waals surface area contributed by atoms with Crippen molar-refractivity contribution < 1.29 is 23.0 Å². The number of ether oxygens (including phenoxy) is 1. The Hall–Kier alpha value is -1.27. The van der Waals surface area contributed by atoms with Crippen LogP contribution in [0.4, 0.5) is 13.2 Å². The highest BCUT2D eigenvalue weighted by Gasteiger charge is 2.32. The van der Waals surface area contributed by atoms with Gasteiger partial charge < -0.3 is 15.2 Å². The standard InChI is InChI=1S/C15H20F3NO2/c1-19-9-10-8-11(21-15(16,17)18)6-7-12(10)13-4-2-3-5-14(13)20/h6-8,13-14,19-20H,2-5,9H2,1H3. The van der Waals surface area contributed by atoms with Crippen molar-refractivity contribution in [2.45, 2.75) is 50.6 Å². The van der Waals surface area contributed by atoms with E-state index in [1.165, 1.54) is 12.1 Å². The quantitative estimate of drug-likeness (QED) is 0.896. The van der Waals surface area contributed by atoms with Crippen LogP contribution in [-0.2, 0) is 6.54 Å². The van der Waals surface area contributed by atoms with Gasteiger partial charge in [-0.1, -0.05) is 18.9 Å². The third kappa shape index (κ3) is 4.35. The summed E-state index contributed by atoms with van der Waals surface area (Å²) in [6, 6.07) is 4.37. The summed E-state index contributed by atoms with van der Waals surface area (Å²) in [7, 11) is 1.73. The molecule has 1 saturated carbocycles. The van der Waals surface area contributed by atoms with Gasteiger partial charge in [0.25, 0.3) is 0 Å². The third-order valence-electron chi connectivity index (χ3n) is 3.84. The highest BCUT2D eigenvalue weighted by atomic mass is 19.4. The molecule has 0 aromatic heterocycles. The normalized spacial score (nSPS) is 23.1. The molecule has 0 radical (unpaired) electrons. The zero-order valence-corrected chi connectivity index (χ0v) is 11.9. The van der Waals surface area contributed by atoms with Crippen molar-refractivity contribution >= 4 is 0 Å². The molecule has 1 aliphatic carbocycles. The minimum atomic E-state index is -4.69. The largest absolute Gasteiger partial charge is 0.573 e. The molecule has 1 fully saturated rings. The molecular formula is C15H20F3NO2. The number of alkyl halides is 3. The summed E-state index contributed by atoms with van der Waals surface area (Å²) in [5, 5.41) is 13.1. The Morgan fingerprint density at radius 2 is 2.00 bits per heavy atom. The van der Waals surface area contributed by atoms with Crippen LogP contribution in [-0.4, -0.2) is 24.6 Å². The van der Waals surface area contributed by atoms with E-state index in [1.54, 1.807) is 13.1 Å². The Morgan fingerprint density at radius 3 is 2.62 bits per heavy atom. The number of aliphatic hydroxyl groups excluding tert-OH is 1. The van der Waals surface area contributed by atoms with E-state index in [2.05, 4.69) is 10.1 Å². The summed E-state index contributed by atoms with van der Waals surface area (Å²) < 4.78 is 40.9. The molecule has 1 aliphatic rings. The number of hydrogen-bond donors (Lipinski definition) is 2. The second-order valence-electron chi connectivity index (χ2n) is 5.40. The lowest BCUT2D eigenvalue weighted by molar-refractivity contribution is -0.274. The first-order chi connectivity index (χ1) is 9.90. The molecular weight excluding hydrogens is 283 g/mol. The molecule has 21 heavy (non-hydrogen) atoms. The van der Waals surface area contributed by atoms with Crippen molar-refractivity contribution in [1.29, 1.82) is 0 Å². The van der Waals surface area contributed by atoms with Crippen molar-refractivity contribution in [3.63, 3.8) is 0 Å². The molecule has 2 N–H and O–H groups in total. The fraction of sp³-hybridized carbons (Fsp3) is 0.600. The molecule has 1 aromatic rings. The Bertz CT molecular complexity index is 476. The molecule has 0 aliphatic heterocycles. The fourth-order valence-electron chi connectivity index (χ4n) is 2.96. The van der Waals surface area contributed by atoms with Gasteiger partial charge in [-0.15, -0.1) is 13.2 Å². The molecule has 0 saturated heterocycles. The van der Waals surface area contributed by atoms with E-state index >= 15 is 0 Å². The second kappa shape index (κ2) is 6.66. The summed E-state index contributed by atoms with van der Waals surface area (Å²) in [4.78, 5) is 0. The first-order valence-corrected chi connectivity index (χ1v) is 7.12. The van der Waals surface area contributed by atoms with Crippen LogP contribution in [0.15, 0.2) is 18.2 Å².